The second kappa shape index (κ2) is 8.07. The van der Waals surface area contributed by atoms with Crippen molar-refractivity contribution in [3.8, 4) is 11.1 Å². The summed E-state index contributed by atoms with van der Waals surface area (Å²) < 4.78 is 4.40. The minimum atomic E-state index is -0.211. The predicted molar refractivity (Wildman–Crippen MR) is 74.2 cm³/mol. The van der Waals surface area contributed by atoms with Crippen LogP contribution in [0, 0.1) is 0 Å². The molecule has 2 aromatic carbocycles. The summed E-state index contributed by atoms with van der Waals surface area (Å²) in [5.41, 5.74) is 2.55. The van der Waals surface area contributed by atoms with Gasteiger partial charge in [-0.05, 0) is 18.1 Å². The highest BCUT2D eigenvalue weighted by Gasteiger charge is 1.91. The first kappa shape index (κ1) is 14.0. The molecule has 2 nitrogen and oxygen atoms in total. The van der Waals surface area contributed by atoms with E-state index in [0.29, 0.717) is 6.61 Å². The molecule has 0 unspecified atom stereocenters. The Bertz CT molecular complexity index is 412. The number of hydrogen-bond donors (Lipinski definition) is 0. The Labute approximate surface area is 108 Å². The van der Waals surface area contributed by atoms with Gasteiger partial charge in [0, 0.05) is 6.92 Å². The van der Waals surface area contributed by atoms with Crippen LogP contribution >= 0.6 is 0 Å². The lowest BCUT2D eigenvalue weighted by Gasteiger charge is -1.98. The topological polar surface area (TPSA) is 26.3 Å². The highest BCUT2D eigenvalue weighted by Crippen LogP contribution is 2.17. The number of carbonyl (C=O) groups is 1. The van der Waals surface area contributed by atoms with E-state index >= 15 is 0 Å². The number of ether oxygens (including phenoxy) is 1. The van der Waals surface area contributed by atoms with Gasteiger partial charge >= 0.3 is 5.97 Å². The molecule has 0 atom stereocenters. The summed E-state index contributed by atoms with van der Waals surface area (Å²) in [4.78, 5) is 9.82. The number of esters is 1. The zero-order chi connectivity index (χ0) is 13.2. The van der Waals surface area contributed by atoms with Crippen molar-refractivity contribution in [3.63, 3.8) is 0 Å². The molecular weight excluding hydrogens is 224 g/mol. The summed E-state index contributed by atoms with van der Waals surface area (Å²) in [6, 6.07) is 20.8. The van der Waals surface area contributed by atoms with E-state index in [-0.39, 0.29) is 5.97 Å². The minimum absolute atomic E-state index is 0.211. The average Bonchev–Trinajstić information content (AvgIpc) is 2.41. The Balaban J connectivity index is 0.000000232. The molecule has 0 saturated carbocycles. The molecule has 2 aromatic rings. The number of carbonyl (C=O) groups excluding carboxylic acids is 1. The molecule has 0 bridgehead atoms. The molecule has 0 aliphatic carbocycles. The zero-order valence-corrected chi connectivity index (χ0v) is 10.8. The number of benzene rings is 2. The molecule has 0 N–H and O–H groups in total. The third-order valence-corrected chi connectivity index (χ3v) is 2.23. The second-order valence-corrected chi connectivity index (χ2v) is 3.66. The maximum atomic E-state index is 9.82. The summed E-state index contributed by atoms with van der Waals surface area (Å²) in [6.45, 7) is 3.65. The third kappa shape index (κ3) is 5.30. The molecule has 0 saturated heterocycles. The van der Waals surface area contributed by atoms with Gasteiger partial charge in [-0.1, -0.05) is 60.7 Å². The first-order valence-corrected chi connectivity index (χ1v) is 5.98. The summed E-state index contributed by atoms with van der Waals surface area (Å²) in [5.74, 6) is -0.211. The van der Waals surface area contributed by atoms with Crippen LogP contribution in [-0.4, -0.2) is 12.6 Å². The van der Waals surface area contributed by atoms with Crippen molar-refractivity contribution in [1.29, 1.82) is 0 Å². The highest BCUT2D eigenvalue weighted by molar-refractivity contribution is 5.65. The van der Waals surface area contributed by atoms with E-state index in [1.54, 1.807) is 6.92 Å². The molecule has 0 aliphatic rings. The van der Waals surface area contributed by atoms with E-state index in [4.69, 9.17) is 0 Å². The first-order chi connectivity index (χ1) is 8.74. The molecule has 0 radical (unpaired) electrons. The van der Waals surface area contributed by atoms with Crippen LogP contribution in [0.1, 0.15) is 13.8 Å². The summed E-state index contributed by atoms with van der Waals surface area (Å²) in [6.07, 6.45) is 0. The van der Waals surface area contributed by atoms with Crippen molar-refractivity contribution in [2.24, 2.45) is 0 Å². The summed E-state index contributed by atoms with van der Waals surface area (Å²) >= 11 is 0. The fraction of sp³-hybridized carbons (Fsp3) is 0.188. The second-order valence-electron chi connectivity index (χ2n) is 3.66. The number of rotatable bonds is 2. The Kier molecular flexibility index (Phi) is 6.26. The molecule has 0 spiro atoms. The van der Waals surface area contributed by atoms with Crippen LogP contribution in [0.5, 0.6) is 0 Å². The van der Waals surface area contributed by atoms with Gasteiger partial charge in [-0.15, -0.1) is 0 Å². The standard InChI is InChI=1S/C12H10.C4H8O2/c1-3-7-11(8-4-1)12-9-5-2-6-10-12;1-3-6-4(2)5/h1-10H;3H2,1-2H3. The van der Waals surface area contributed by atoms with E-state index in [1.165, 1.54) is 18.1 Å². The predicted octanol–water partition coefficient (Wildman–Crippen LogP) is 3.92. The van der Waals surface area contributed by atoms with Crippen molar-refractivity contribution in [2.45, 2.75) is 13.8 Å². The van der Waals surface area contributed by atoms with Crippen LogP contribution in [0.2, 0.25) is 0 Å². The van der Waals surface area contributed by atoms with Crippen LogP contribution in [-0.2, 0) is 9.53 Å². The lowest BCUT2D eigenvalue weighted by molar-refractivity contribution is -0.140. The molecule has 2 rings (SSSR count). The molecule has 94 valence electrons. The van der Waals surface area contributed by atoms with Gasteiger partial charge in [0.15, 0.2) is 0 Å². The fourth-order valence-electron chi connectivity index (χ4n) is 1.46. The fourth-order valence-corrected chi connectivity index (χ4v) is 1.46. The summed E-state index contributed by atoms with van der Waals surface area (Å²) in [7, 11) is 0. The Morgan fingerprint density at radius 2 is 1.28 bits per heavy atom. The summed E-state index contributed by atoms with van der Waals surface area (Å²) in [5, 5.41) is 0. The SMILES string of the molecule is CCOC(C)=O.c1ccc(-c2ccccc2)cc1. The van der Waals surface area contributed by atoms with Crippen LogP contribution < -0.4 is 0 Å². The average molecular weight is 242 g/mol. The molecule has 0 fully saturated rings. The largest absolute Gasteiger partial charge is 0.466 e. The molecule has 18 heavy (non-hydrogen) atoms. The van der Waals surface area contributed by atoms with Gasteiger partial charge in [0.25, 0.3) is 0 Å². The molecule has 0 aliphatic heterocycles. The third-order valence-electron chi connectivity index (χ3n) is 2.23. The smallest absolute Gasteiger partial charge is 0.302 e. The van der Waals surface area contributed by atoms with Crippen molar-refractivity contribution in [3.05, 3.63) is 60.7 Å². The highest BCUT2D eigenvalue weighted by atomic mass is 16.5. The van der Waals surface area contributed by atoms with Crippen molar-refractivity contribution in [2.75, 3.05) is 6.61 Å². The van der Waals surface area contributed by atoms with Gasteiger partial charge in [-0.25, -0.2) is 0 Å². The van der Waals surface area contributed by atoms with E-state index in [0.717, 1.165) is 0 Å². The minimum Gasteiger partial charge on any atom is -0.466 e. The molecule has 0 heterocycles. The quantitative estimate of drug-likeness (QED) is 0.746. The van der Waals surface area contributed by atoms with E-state index in [9.17, 15) is 4.79 Å². The normalized spacial score (nSPS) is 9.00. The van der Waals surface area contributed by atoms with Crippen molar-refractivity contribution >= 4 is 5.97 Å². The van der Waals surface area contributed by atoms with Crippen molar-refractivity contribution in [1.82, 2.24) is 0 Å². The molecule has 0 aromatic heterocycles. The maximum Gasteiger partial charge on any atom is 0.302 e. The zero-order valence-electron chi connectivity index (χ0n) is 10.8. The lowest BCUT2D eigenvalue weighted by atomic mass is 10.1. The van der Waals surface area contributed by atoms with Gasteiger partial charge in [0.2, 0.25) is 0 Å². The van der Waals surface area contributed by atoms with Crippen LogP contribution in [0.15, 0.2) is 60.7 Å². The Morgan fingerprint density at radius 1 is 0.889 bits per heavy atom. The van der Waals surface area contributed by atoms with Crippen LogP contribution in [0.3, 0.4) is 0 Å². The van der Waals surface area contributed by atoms with Crippen LogP contribution in [0.25, 0.3) is 11.1 Å². The molecule has 2 heteroatoms. The van der Waals surface area contributed by atoms with Crippen molar-refractivity contribution < 1.29 is 9.53 Å². The van der Waals surface area contributed by atoms with Gasteiger partial charge in [-0.3, -0.25) is 4.79 Å². The van der Waals surface area contributed by atoms with Crippen LogP contribution in [0.4, 0.5) is 0 Å². The van der Waals surface area contributed by atoms with E-state index < -0.39 is 0 Å². The molecular formula is C16H18O2. The Morgan fingerprint density at radius 3 is 1.50 bits per heavy atom. The number of hydrogen-bond acceptors (Lipinski definition) is 2. The Hall–Kier alpha value is -2.09. The maximum absolute atomic E-state index is 9.82. The van der Waals surface area contributed by atoms with Gasteiger partial charge < -0.3 is 4.74 Å². The van der Waals surface area contributed by atoms with E-state index in [1.807, 2.05) is 12.1 Å². The van der Waals surface area contributed by atoms with Gasteiger partial charge in [0.1, 0.15) is 0 Å². The monoisotopic (exact) mass is 242 g/mol. The van der Waals surface area contributed by atoms with Gasteiger partial charge in [-0.2, -0.15) is 0 Å². The first-order valence-electron chi connectivity index (χ1n) is 5.98. The van der Waals surface area contributed by atoms with Gasteiger partial charge in [0.05, 0.1) is 6.61 Å². The molecule has 0 amide bonds. The lowest BCUT2D eigenvalue weighted by Crippen LogP contribution is -1.95. The van der Waals surface area contributed by atoms with E-state index in [2.05, 4.69) is 53.3 Å².